The van der Waals surface area contributed by atoms with Crippen LogP contribution in [0.15, 0.2) is 24.3 Å². The van der Waals surface area contributed by atoms with Crippen LogP contribution in [-0.4, -0.2) is 11.9 Å². The second-order valence-corrected chi connectivity index (χ2v) is 7.72. The number of ketones is 1. The van der Waals surface area contributed by atoms with Crippen molar-refractivity contribution >= 4 is 5.78 Å². The Morgan fingerprint density at radius 3 is 2.19 bits per heavy atom. The highest BCUT2D eigenvalue weighted by Crippen LogP contribution is 2.50. The van der Waals surface area contributed by atoms with Gasteiger partial charge in [0, 0.05) is 6.42 Å². The van der Waals surface area contributed by atoms with Crippen LogP contribution in [0.5, 0.6) is 5.75 Å². The lowest BCUT2D eigenvalue weighted by atomic mass is 9.57. The Balaban J connectivity index is 1.71. The third-order valence-corrected chi connectivity index (χ3v) is 5.29. The predicted molar refractivity (Wildman–Crippen MR) is 84.7 cm³/mol. The average molecular weight is 286 g/mol. The molecule has 3 rings (SSSR count). The standard InChI is InChI=1S/C19H26O2/c1-18(2,3)14-7-9-15(10-8-14)21-17-13-16(20)19(17)11-5-4-6-12-19/h7-10,17H,4-6,11-13H2,1-3H3. The van der Waals surface area contributed by atoms with Gasteiger partial charge in [-0.15, -0.1) is 0 Å². The minimum absolute atomic E-state index is 0.103. The van der Waals surface area contributed by atoms with E-state index >= 15 is 0 Å². The van der Waals surface area contributed by atoms with Crippen LogP contribution < -0.4 is 4.74 Å². The smallest absolute Gasteiger partial charge is 0.146 e. The van der Waals surface area contributed by atoms with Crippen molar-refractivity contribution in [3.8, 4) is 5.75 Å². The van der Waals surface area contributed by atoms with Crippen molar-refractivity contribution in [3.05, 3.63) is 29.8 Å². The lowest BCUT2D eigenvalue weighted by molar-refractivity contribution is -0.156. The zero-order valence-electron chi connectivity index (χ0n) is 13.4. The Bertz CT molecular complexity index is 515. The Morgan fingerprint density at radius 1 is 1.05 bits per heavy atom. The summed E-state index contributed by atoms with van der Waals surface area (Å²) in [4.78, 5) is 12.1. The molecule has 2 nitrogen and oxygen atoms in total. The molecule has 2 heteroatoms. The summed E-state index contributed by atoms with van der Waals surface area (Å²) in [7, 11) is 0. The van der Waals surface area contributed by atoms with E-state index in [2.05, 4.69) is 45.0 Å². The van der Waals surface area contributed by atoms with E-state index in [0.29, 0.717) is 12.2 Å². The van der Waals surface area contributed by atoms with E-state index in [1.165, 1.54) is 24.8 Å². The van der Waals surface area contributed by atoms with Crippen LogP contribution in [0.1, 0.15) is 64.9 Å². The van der Waals surface area contributed by atoms with Gasteiger partial charge in [0.2, 0.25) is 0 Å². The number of carbonyl (C=O) groups is 1. The van der Waals surface area contributed by atoms with Crippen molar-refractivity contribution in [2.24, 2.45) is 5.41 Å². The van der Waals surface area contributed by atoms with Crippen molar-refractivity contribution in [1.29, 1.82) is 0 Å². The Morgan fingerprint density at radius 2 is 1.67 bits per heavy atom. The van der Waals surface area contributed by atoms with Crippen molar-refractivity contribution in [2.75, 3.05) is 0 Å². The first-order valence-electron chi connectivity index (χ1n) is 8.22. The molecule has 2 saturated carbocycles. The molecule has 114 valence electrons. The number of benzene rings is 1. The fourth-order valence-electron chi connectivity index (χ4n) is 3.75. The number of hydrogen-bond donors (Lipinski definition) is 0. The monoisotopic (exact) mass is 286 g/mol. The van der Waals surface area contributed by atoms with Gasteiger partial charge in [-0.05, 0) is 36.0 Å². The molecule has 2 fully saturated rings. The second-order valence-electron chi connectivity index (χ2n) is 7.72. The Kier molecular flexibility index (Phi) is 3.59. The van der Waals surface area contributed by atoms with Gasteiger partial charge >= 0.3 is 0 Å². The Hall–Kier alpha value is -1.31. The SMILES string of the molecule is CC(C)(C)c1ccc(OC2CC(=O)C23CCCCC3)cc1. The van der Waals surface area contributed by atoms with Crippen molar-refractivity contribution in [1.82, 2.24) is 0 Å². The van der Waals surface area contributed by atoms with E-state index < -0.39 is 0 Å². The molecule has 1 unspecified atom stereocenters. The van der Waals surface area contributed by atoms with E-state index in [9.17, 15) is 4.79 Å². The predicted octanol–water partition coefficient (Wildman–Crippen LogP) is 4.65. The number of hydrogen-bond acceptors (Lipinski definition) is 2. The second kappa shape index (κ2) is 5.15. The molecule has 1 spiro atoms. The highest BCUT2D eigenvalue weighted by atomic mass is 16.5. The van der Waals surface area contributed by atoms with Crippen molar-refractivity contribution in [3.63, 3.8) is 0 Å². The molecule has 0 radical (unpaired) electrons. The van der Waals surface area contributed by atoms with Gasteiger partial charge in [-0.25, -0.2) is 0 Å². The molecule has 21 heavy (non-hydrogen) atoms. The zero-order valence-corrected chi connectivity index (χ0v) is 13.4. The molecule has 0 amide bonds. The topological polar surface area (TPSA) is 26.3 Å². The summed E-state index contributed by atoms with van der Waals surface area (Å²) in [6, 6.07) is 8.40. The first-order valence-corrected chi connectivity index (χ1v) is 8.22. The summed E-state index contributed by atoms with van der Waals surface area (Å²) in [6.45, 7) is 6.64. The molecule has 1 atom stereocenters. The highest BCUT2D eigenvalue weighted by Gasteiger charge is 2.56. The fraction of sp³-hybridized carbons (Fsp3) is 0.632. The highest BCUT2D eigenvalue weighted by molar-refractivity contribution is 5.92. The van der Waals surface area contributed by atoms with E-state index in [1.807, 2.05) is 0 Å². The van der Waals surface area contributed by atoms with Crippen LogP contribution in [-0.2, 0) is 10.2 Å². The average Bonchev–Trinajstić information content (AvgIpc) is 2.47. The lowest BCUT2D eigenvalue weighted by Crippen LogP contribution is -2.57. The van der Waals surface area contributed by atoms with Crippen molar-refractivity contribution < 1.29 is 9.53 Å². The molecule has 0 aromatic heterocycles. The van der Waals surface area contributed by atoms with Crippen LogP contribution in [0.3, 0.4) is 0 Å². The number of ether oxygens (including phenoxy) is 1. The molecular formula is C19H26O2. The maximum Gasteiger partial charge on any atom is 0.146 e. The molecule has 0 heterocycles. The number of carbonyl (C=O) groups excluding carboxylic acids is 1. The quantitative estimate of drug-likeness (QED) is 0.790. The molecule has 0 saturated heterocycles. The molecule has 1 aromatic rings. The summed E-state index contributed by atoms with van der Waals surface area (Å²) in [6.07, 6.45) is 6.37. The van der Waals surface area contributed by atoms with Crippen LogP contribution in [0.4, 0.5) is 0 Å². The van der Waals surface area contributed by atoms with Gasteiger partial charge in [0.05, 0.1) is 5.41 Å². The van der Waals surface area contributed by atoms with Crippen LogP contribution in [0.25, 0.3) is 0 Å². The minimum atomic E-state index is -0.152. The van der Waals surface area contributed by atoms with Gasteiger partial charge in [0.15, 0.2) is 0 Å². The number of rotatable bonds is 2. The van der Waals surface area contributed by atoms with Gasteiger partial charge < -0.3 is 4.74 Å². The zero-order chi connectivity index (χ0) is 15.1. The number of Topliss-reactive ketones (excluding diaryl/α,β-unsaturated/α-hetero) is 1. The van der Waals surface area contributed by atoms with Gasteiger partial charge in [0.1, 0.15) is 17.6 Å². The van der Waals surface area contributed by atoms with Crippen LogP contribution in [0.2, 0.25) is 0 Å². The molecule has 2 aliphatic carbocycles. The van der Waals surface area contributed by atoms with E-state index in [4.69, 9.17) is 4.74 Å². The van der Waals surface area contributed by atoms with Crippen LogP contribution >= 0.6 is 0 Å². The maximum absolute atomic E-state index is 12.1. The van der Waals surface area contributed by atoms with Gasteiger partial charge in [0.25, 0.3) is 0 Å². The third kappa shape index (κ3) is 2.61. The molecule has 0 N–H and O–H groups in total. The molecule has 0 bridgehead atoms. The summed E-state index contributed by atoms with van der Waals surface area (Å²) < 4.78 is 6.16. The van der Waals surface area contributed by atoms with Gasteiger partial charge in [-0.2, -0.15) is 0 Å². The first-order chi connectivity index (χ1) is 9.92. The summed E-state index contributed by atoms with van der Waals surface area (Å²) in [5.41, 5.74) is 1.32. The third-order valence-electron chi connectivity index (χ3n) is 5.29. The summed E-state index contributed by atoms with van der Waals surface area (Å²) in [5.74, 6) is 1.34. The minimum Gasteiger partial charge on any atom is -0.489 e. The largest absolute Gasteiger partial charge is 0.489 e. The molecule has 2 aliphatic rings. The van der Waals surface area contributed by atoms with Gasteiger partial charge in [-0.1, -0.05) is 52.2 Å². The summed E-state index contributed by atoms with van der Waals surface area (Å²) >= 11 is 0. The van der Waals surface area contributed by atoms with Crippen molar-refractivity contribution in [2.45, 2.75) is 70.8 Å². The maximum atomic E-state index is 12.1. The summed E-state index contributed by atoms with van der Waals surface area (Å²) in [5, 5.41) is 0. The van der Waals surface area contributed by atoms with E-state index in [1.54, 1.807) is 0 Å². The molecule has 1 aromatic carbocycles. The normalized spacial score (nSPS) is 24.7. The fourth-order valence-corrected chi connectivity index (χ4v) is 3.75. The molecule has 0 aliphatic heterocycles. The van der Waals surface area contributed by atoms with E-state index in [0.717, 1.165) is 18.6 Å². The first kappa shape index (κ1) is 14.6. The Labute approximate surface area is 127 Å². The van der Waals surface area contributed by atoms with Gasteiger partial charge in [-0.3, -0.25) is 4.79 Å². The lowest BCUT2D eigenvalue weighted by Gasteiger charge is -2.49. The van der Waals surface area contributed by atoms with Crippen LogP contribution in [0, 0.1) is 5.41 Å². The molecular weight excluding hydrogens is 260 g/mol. The van der Waals surface area contributed by atoms with E-state index in [-0.39, 0.29) is 16.9 Å².